The predicted octanol–water partition coefficient (Wildman–Crippen LogP) is 2.93. The first-order valence-corrected chi connectivity index (χ1v) is 6.93. The zero-order valence-electron chi connectivity index (χ0n) is 10.6. The topological polar surface area (TPSA) is 50.9 Å². The molecule has 0 saturated carbocycles. The summed E-state index contributed by atoms with van der Waals surface area (Å²) in [6.45, 7) is 5.18. The average Bonchev–Trinajstić information content (AvgIpc) is 2.75. The molecule has 1 aromatic heterocycles. The first-order valence-electron chi connectivity index (χ1n) is 5.94. The van der Waals surface area contributed by atoms with Crippen molar-refractivity contribution in [1.82, 2.24) is 14.8 Å². The van der Waals surface area contributed by atoms with Gasteiger partial charge >= 0.3 is 0 Å². The Morgan fingerprint density at radius 1 is 1.33 bits per heavy atom. The van der Waals surface area contributed by atoms with Gasteiger partial charge in [0.05, 0.1) is 5.75 Å². The standard InChI is InChI=1S/C13H17N3OS/c1-10(2)7-16-13(14-9-15-16)8-18-12-6-4-3-5-11(12)17/h3-6,9-10,17H,7-8H2,1-2H3. The van der Waals surface area contributed by atoms with Crippen molar-refractivity contribution in [3.8, 4) is 5.75 Å². The maximum absolute atomic E-state index is 9.69. The summed E-state index contributed by atoms with van der Waals surface area (Å²) in [5.41, 5.74) is 0. The fourth-order valence-electron chi connectivity index (χ4n) is 1.62. The van der Waals surface area contributed by atoms with E-state index in [2.05, 4.69) is 23.9 Å². The van der Waals surface area contributed by atoms with Gasteiger partial charge in [0.25, 0.3) is 0 Å². The molecule has 0 amide bonds. The van der Waals surface area contributed by atoms with E-state index in [1.54, 1.807) is 24.2 Å². The molecule has 0 aliphatic heterocycles. The van der Waals surface area contributed by atoms with Gasteiger partial charge in [0.1, 0.15) is 17.9 Å². The fraction of sp³-hybridized carbons (Fsp3) is 0.385. The zero-order valence-corrected chi connectivity index (χ0v) is 11.4. The second-order valence-corrected chi connectivity index (χ2v) is 5.53. The van der Waals surface area contributed by atoms with Gasteiger partial charge in [0, 0.05) is 11.4 Å². The molecule has 18 heavy (non-hydrogen) atoms. The van der Waals surface area contributed by atoms with E-state index in [1.165, 1.54) is 0 Å². The monoisotopic (exact) mass is 263 g/mol. The van der Waals surface area contributed by atoms with E-state index in [9.17, 15) is 5.11 Å². The summed E-state index contributed by atoms with van der Waals surface area (Å²) in [5, 5.41) is 13.9. The minimum Gasteiger partial charge on any atom is -0.507 e. The van der Waals surface area contributed by atoms with Gasteiger partial charge < -0.3 is 5.11 Å². The van der Waals surface area contributed by atoms with Crippen molar-refractivity contribution in [1.29, 1.82) is 0 Å². The van der Waals surface area contributed by atoms with Crippen LogP contribution in [-0.4, -0.2) is 19.9 Å². The Balaban J connectivity index is 2.02. The lowest BCUT2D eigenvalue weighted by molar-refractivity contribution is 0.462. The van der Waals surface area contributed by atoms with Crippen LogP contribution in [0.5, 0.6) is 5.75 Å². The molecule has 0 atom stereocenters. The number of benzene rings is 1. The third-order valence-electron chi connectivity index (χ3n) is 2.46. The minimum atomic E-state index is 0.317. The van der Waals surface area contributed by atoms with Crippen LogP contribution in [0.25, 0.3) is 0 Å². The maximum Gasteiger partial charge on any atom is 0.138 e. The van der Waals surface area contributed by atoms with Gasteiger partial charge in [0.2, 0.25) is 0 Å². The molecule has 0 spiro atoms. The summed E-state index contributed by atoms with van der Waals surface area (Å²) in [4.78, 5) is 5.14. The van der Waals surface area contributed by atoms with Gasteiger partial charge in [-0.05, 0) is 18.1 Å². The highest BCUT2D eigenvalue weighted by atomic mass is 32.2. The minimum absolute atomic E-state index is 0.317. The highest BCUT2D eigenvalue weighted by Crippen LogP contribution is 2.29. The summed E-state index contributed by atoms with van der Waals surface area (Å²) in [6, 6.07) is 7.34. The van der Waals surface area contributed by atoms with E-state index in [1.807, 2.05) is 22.9 Å². The van der Waals surface area contributed by atoms with Gasteiger partial charge in [-0.3, -0.25) is 0 Å². The number of aromatic hydroxyl groups is 1. The van der Waals surface area contributed by atoms with Crippen molar-refractivity contribution < 1.29 is 5.11 Å². The Bertz CT molecular complexity index is 510. The molecule has 2 rings (SSSR count). The number of phenols is 1. The van der Waals surface area contributed by atoms with Crippen LogP contribution < -0.4 is 0 Å². The second kappa shape index (κ2) is 5.91. The molecule has 0 unspecified atom stereocenters. The lowest BCUT2D eigenvalue weighted by Crippen LogP contribution is -2.09. The highest BCUT2D eigenvalue weighted by molar-refractivity contribution is 7.98. The smallest absolute Gasteiger partial charge is 0.138 e. The SMILES string of the molecule is CC(C)Cn1ncnc1CSc1ccccc1O. The van der Waals surface area contributed by atoms with E-state index in [-0.39, 0.29) is 0 Å². The van der Waals surface area contributed by atoms with Gasteiger partial charge in [-0.2, -0.15) is 5.10 Å². The molecule has 96 valence electrons. The molecule has 0 aliphatic rings. The van der Waals surface area contributed by atoms with Crippen LogP contribution in [0.15, 0.2) is 35.5 Å². The molecule has 1 heterocycles. The Kier molecular flexibility index (Phi) is 4.25. The number of para-hydroxylation sites is 1. The summed E-state index contributed by atoms with van der Waals surface area (Å²) in [7, 11) is 0. The first kappa shape index (κ1) is 13.0. The first-order chi connectivity index (χ1) is 8.66. The molecule has 2 aromatic rings. The molecular weight excluding hydrogens is 246 g/mol. The average molecular weight is 263 g/mol. The number of nitrogens with zero attached hydrogens (tertiary/aromatic N) is 3. The number of phenolic OH excluding ortho intramolecular Hbond substituents is 1. The largest absolute Gasteiger partial charge is 0.507 e. The molecule has 1 aromatic carbocycles. The molecule has 4 nitrogen and oxygen atoms in total. The maximum atomic E-state index is 9.69. The van der Waals surface area contributed by atoms with Crippen LogP contribution in [0.4, 0.5) is 0 Å². The molecular formula is C13H17N3OS. The van der Waals surface area contributed by atoms with E-state index in [0.29, 0.717) is 17.4 Å². The summed E-state index contributed by atoms with van der Waals surface area (Å²) >= 11 is 1.57. The van der Waals surface area contributed by atoms with Gasteiger partial charge in [0.15, 0.2) is 0 Å². The van der Waals surface area contributed by atoms with Crippen LogP contribution in [0.2, 0.25) is 0 Å². The predicted molar refractivity (Wildman–Crippen MR) is 72.5 cm³/mol. The lowest BCUT2D eigenvalue weighted by Gasteiger charge is -2.08. The molecule has 0 saturated heterocycles. The molecule has 0 aliphatic carbocycles. The van der Waals surface area contributed by atoms with E-state index in [4.69, 9.17) is 0 Å². The molecule has 0 radical (unpaired) electrons. The van der Waals surface area contributed by atoms with Crippen LogP contribution >= 0.6 is 11.8 Å². The van der Waals surface area contributed by atoms with Crippen molar-refractivity contribution in [3.05, 3.63) is 36.4 Å². The molecule has 1 N–H and O–H groups in total. The van der Waals surface area contributed by atoms with Crippen molar-refractivity contribution in [2.75, 3.05) is 0 Å². The van der Waals surface area contributed by atoms with Crippen molar-refractivity contribution in [3.63, 3.8) is 0 Å². The van der Waals surface area contributed by atoms with Crippen LogP contribution in [-0.2, 0) is 12.3 Å². The van der Waals surface area contributed by atoms with Gasteiger partial charge in [-0.15, -0.1) is 11.8 Å². The summed E-state index contributed by atoms with van der Waals surface area (Å²) < 4.78 is 1.93. The normalized spacial score (nSPS) is 11.1. The van der Waals surface area contributed by atoms with Crippen LogP contribution in [0, 0.1) is 5.92 Å². The van der Waals surface area contributed by atoms with Gasteiger partial charge in [-0.25, -0.2) is 9.67 Å². The van der Waals surface area contributed by atoms with Gasteiger partial charge in [-0.1, -0.05) is 26.0 Å². The number of hydrogen-bond donors (Lipinski definition) is 1. The van der Waals surface area contributed by atoms with Crippen molar-refractivity contribution in [2.45, 2.75) is 31.0 Å². The number of aromatic nitrogens is 3. The molecule has 0 fully saturated rings. The Morgan fingerprint density at radius 3 is 2.83 bits per heavy atom. The van der Waals surface area contributed by atoms with E-state index >= 15 is 0 Å². The molecule has 0 bridgehead atoms. The lowest BCUT2D eigenvalue weighted by atomic mass is 10.2. The Morgan fingerprint density at radius 2 is 2.11 bits per heavy atom. The van der Waals surface area contributed by atoms with Crippen LogP contribution in [0.3, 0.4) is 0 Å². The van der Waals surface area contributed by atoms with Crippen molar-refractivity contribution in [2.24, 2.45) is 5.92 Å². The quantitative estimate of drug-likeness (QED) is 0.843. The highest BCUT2D eigenvalue weighted by Gasteiger charge is 2.08. The summed E-state index contributed by atoms with van der Waals surface area (Å²) in [5.74, 6) is 2.51. The zero-order chi connectivity index (χ0) is 13.0. The molecule has 5 heteroatoms. The Labute approximate surface area is 111 Å². The van der Waals surface area contributed by atoms with Crippen molar-refractivity contribution >= 4 is 11.8 Å². The fourth-order valence-corrected chi connectivity index (χ4v) is 2.52. The third kappa shape index (κ3) is 3.26. The van der Waals surface area contributed by atoms with E-state index in [0.717, 1.165) is 17.3 Å². The van der Waals surface area contributed by atoms with E-state index < -0.39 is 0 Å². The summed E-state index contributed by atoms with van der Waals surface area (Å²) in [6.07, 6.45) is 1.59. The number of thioether (sulfide) groups is 1. The Hall–Kier alpha value is -1.49. The number of hydrogen-bond acceptors (Lipinski definition) is 4. The number of rotatable bonds is 5. The second-order valence-electron chi connectivity index (χ2n) is 4.51. The van der Waals surface area contributed by atoms with Crippen LogP contribution in [0.1, 0.15) is 19.7 Å². The third-order valence-corrected chi connectivity index (χ3v) is 3.51.